The van der Waals surface area contributed by atoms with Crippen molar-refractivity contribution in [2.45, 2.75) is 51.7 Å². The number of hydrogen-bond donors (Lipinski definition) is 2. The van der Waals surface area contributed by atoms with E-state index in [2.05, 4.69) is 27.7 Å². The molecule has 160 valence electrons. The molecule has 1 amide bonds. The van der Waals surface area contributed by atoms with E-state index in [0.29, 0.717) is 11.3 Å². The zero-order valence-electron chi connectivity index (χ0n) is 17.6. The maximum absolute atomic E-state index is 11.8. The Morgan fingerprint density at radius 2 is 2.13 bits per heavy atom. The Balaban J connectivity index is 1.61. The summed E-state index contributed by atoms with van der Waals surface area (Å²) in [7, 11) is 0. The monoisotopic (exact) mass is 435 g/mol. The molecule has 1 saturated carbocycles. The molecule has 4 rings (SSSR count). The van der Waals surface area contributed by atoms with Crippen LogP contribution in [0.5, 0.6) is 5.75 Å². The molecule has 2 aliphatic carbocycles. The van der Waals surface area contributed by atoms with E-state index in [1.54, 1.807) is 6.07 Å². The van der Waals surface area contributed by atoms with E-state index in [0.717, 1.165) is 41.3 Å². The summed E-state index contributed by atoms with van der Waals surface area (Å²) in [6.07, 6.45) is 5.84. The highest BCUT2D eigenvalue weighted by molar-refractivity contribution is 7.15. The zero-order chi connectivity index (χ0) is 22.0. The molecule has 31 heavy (non-hydrogen) atoms. The molecular weight excluding hydrogens is 410 g/mol. The second-order valence-corrected chi connectivity index (χ2v) is 8.90. The SMILES string of the molecule is CC(C)Oc1ccc(-c2nnc(C3=C4CCC(NC(=O)CN)C4=CCC3)s2)cc1C#N. The average molecular weight is 436 g/mol. The van der Waals surface area contributed by atoms with E-state index >= 15 is 0 Å². The fraction of sp³-hybridized carbons (Fsp3) is 0.391. The van der Waals surface area contributed by atoms with E-state index in [9.17, 15) is 10.1 Å². The third-order valence-corrected chi connectivity index (χ3v) is 6.48. The van der Waals surface area contributed by atoms with Crippen molar-refractivity contribution < 1.29 is 9.53 Å². The van der Waals surface area contributed by atoms with Gasteiger partial charge in [-0.05, 0) is 74.4 Å². The molecule has 7 nitrogen and oxygen atoms in total. The quantitative estimate of drug-likeness (QED) is 0.717. The molecule has 1 aromatic carbocycles. The second-order valence-electron chi connectivity index (χ2n) is 7.92. The average Bonchev–Trinajstić information content (AvgIpc) is 3.41. The Morgan fingerprint density at radius 3 is 2.87 bits per heavy atom. The van der Waals surface area contributed by atoms with Gasteiger partial charge in [0.15, 0.2) is 0 Å². The number of nitrogens with two attached hydrogens (primary N) is 1. The number of nitrogens with one attached hydrogen (secondary N) is 1. The predicted molar refractivity (Wildman–Crippen MR) is 120 cm³/mol. The number of amides is 1. The van der Waals surface area contributed by atoms with Gasteiger partial charge in [-0.3, -0.25) is 4.79 Å². The number of aromatic nitrogens is 2. The van der Waals surface area contributed by atoms with Crippen LogP contribution in [0.3, 0.4) is 0 Å². The largest absolute Gasteiger partial charge is 0.490 e. The van der Waals surface area contributed by atoms with Crippen LogP contribution < -0.4 is 15.8 Å². The minimum Gasteiger partial charge on any atom is -0.490 e. The number of rotatable bonds is 6. The van der Waals surface area contributed by atoms with Crippen molar-refractivity contribution in [1.29, 1.82) is 5.26 Å². The van der Waals surface area contributed by atoms with Gasteiger partial charge in [-0.15, -0.1) is 10.2 Å². The van der Waals surface area contributed by atoms with Gasteiger partial charge in [-0.2, -0.15) is 5.26 Å². The molecule has 0 spiro atoms. The number of ether oxygens (including phenoxy) is 1. The fourth-order valence-corrected chi connectivity index (χ4v) is 5.06. The summed E-state index contributed by atoms with van der Waals surface area (Å²) in [6, 6.07) is 7.78. The first-order valence-electron chi connectivity index (χ1n) is 10.5. The molecule has 0 aliphatic heterocycles. The van der Waals surface area contributed by atoms with Crippen LogP contribution in [-0.4, -0.2) is 34.8 Å². The van der Waals surface area contributed by atoms with Crippen molar-refractivity contribution in [2.75, 3.05) is 6.54 Å². The van der Waals surface area contributed by atoms with Crippen LogP contribution in [0.1, 0.15) is 50.1 Å². The van der Waals surface area contributed by atoms with Gasteiger partial charge in [0.2, 0.25) is 5.91 Å². The molecular formula is C23H25N5O2S. The lowest BCUT2D eigenvalue weighted by Gasteiger charge is -2.19. The van der Waals surface area contributed by atoms with Gasteiger partial charge in [0.25, 0.3) is 0 Å². The number of fused-ring (bicyclic) bond motifs is 1. The first-order valence-corrected chi connectivity index (χ1v) is 11.3. The Bertz CT molecular complexity index is 1110. The van der Waals surface area contributed by atoms with E-state index in [1.807, 2.05) is 26.0 Å². The molecule has 1 unspecified atom stereocenters. The number of benzene rings is 1. The van der Waals surface area contributed by atoms with Crippen molar-refractivity contribution in [3.63, 3.8) is 0 Å². The van der Waals surface area contributed by atoms with Crippen LogP contribution in [0, 0.1) is 11.3 Å². The lowest BCUT2D eigenvalue weighted by atomic mass is 9.92. The summed E-state index contributed by atoms with van der Waals surface area (Å²) in [5, 5.41) is 23.1. The molecule has 0 radical (unpaired) electrons. The summed E-state index contributed by atoms with van der Waals surface area (Å²) >= 11 is 1.54. The van der Waals surface area contributed by atoms with Gasteiger partial charge in [-0.1, -0.05) is 17.4 Å². The molecule has 1 fully saturated rings. The number of carbonyl (C=O) groups excluding carboxylic acids is 1. The molecule has 1 heterocycles. The normalized spacial score (nSPS) is 17.9. The van der Waals surface area contributed by atoms with Crippen LogP contribution in [0.25, 0.3) is 16.1 Å². The van der Waals surface area contributed by atoms with Crippen molar-refractivity contribution in [3.8, 4) is 22.4 Å². The van der Waals surface area contributed by atoms with Crippen molar-refractivity contribution in [3.05, 3.63) is 46.0 Å². The molecule has 1 aromatic heterocycles. The minimum absolute atomic E-state index is 0.00112. The molecule has 8 heteroatoms. The van der Waals surface area contributed by atoms with Gasteiger partial charge in [0, 0.05) is 5.56 Å². The number of nitrogens with zero attached hydrogens (tertiary/aromatic N) is 3. The van der Waals surface area contributed by atoms with Crippen LogP contribution in [-0.2, 0) is 4.79 Å². The number of carbonyl (C=O) groups is 1. The van der Waals surface area contributed by atoms with Crippen molar-refractivity contribution >= 4 is 22.8 Å². The smallest absolute Gasteiger partial charge is 0.234 e. The second kappa shape index (κ2) is 9.00. The lowest BCUT2D eigenvalue weighted by Crippen LogP contribution is -2.38. The summed E-state index contributed by atoms with van der Waals surface area (Å²) in [4.78, 5) is 11.8. The van der Waals surface area contributed by atoms with E-state index in [4.69, 9.17) is 10.5 Å². The minimum atomic E-state index is -0.129. The first kappa shape index (κ1) is 21.2. The lowest BCUT2D eigenvalue weighted by molar-refractivity contribution is -0.120. The Morgan fingerprint density at radius 1 is 1.32 bits per heavy atom. The molecule has 2 aliphatic rings. The van der Waals surface area contributed by atoms with E-state index in [1.165, 1.54) is 28.1 Å². The van der Waals surface area contributed by atoms with Crippen LogP contribution in [0.4, 0.5) is 0 Å². The zero-order valence-corrected chi connectivity index (χ0v) is 18.5. The number of hydrogen-bond acceptors (Lipinski definition) is 7. The Kier molecular flexibility index (Phi) is 6.16. The maximum Gasteiger partial charge on any atom is 0.234 e. The maximum atomic E-state index is 11.8. The molecule has 3 N–H and O–H groups in total. The third-order valence-electron chi connectivity index (χ3n) is 5.44. The number of nitriles is 1. The van der Waals surface area contributed by atoms with Gasteiger partial charge in [0.05, 0.1) is 24.3 Å². The summed E-state index contributed by atoms with van der Waals surface area (Å²) in [5.41, 5.74) is 10.5. The fourth-order valence-electron chi connectivity index (χ4n) is 4.12. The molecule has 1 atom stereocenters. The molecule has 2 aromatic rings. The molecule has 0 bridgehead atoms. The highest BCUT2D eigenvalue weighted by Gasteiger charge is 2.31. The summed E-state index contributed by atoms with van der Waals surface area (Å²) < 4.78 is 5.71. The van der Waals surface area contributed by atoms with Crippen LogP contribution >= 0.6 is 11.3 Å². The Labute approximate surface area is 185 Å². The van der Waals surface area contributed by atoms with Crippen molar-refractivity contribution in [1.82, 2.24) is 15.5 Å². The van der Waals surface area contributed by atoms with Gasteiger partial charge in [0.1, 0.15) is 21.8 Å². The van der Waals surface area contributed by atoms with E-state index in [-0.39, 0.29) is 24.6 Å². The van der Waals surface area contributed by atoms with E-state index < -0.39 is 0 Å². The number of allylic oxidation sites excluding steroid dienone is 2. The van der Waals surface area contributed by atoms with Crippen LogP contribution in [0.15, 0.2) is 35.4 Å². The highest BCUT2D eigenvalue weighted by atomic mass is 32.1. The van der Waals surface area contributed by atoms with Gasteiger partial charge < -0.3 is 15.8 Å². The Hall–Kier alpha value is -3.02. The third kappa shape index (κ3) is 4.38. The topological polar surface area (TPSA) is 114 Å². The first-order chi connectivity index (χ1) is 15.0. The van der Waals surface area contributed by atoms with Crippen LogP contribution in [0.2, 0.25) is 0 Å². The summed E-state index contributed by atoms with van der Waals surface area (Å²) in [6.45, 7) is 3.87. The highest BCUT2D eigenvalue weighted by Crippen LogP contribution is 2.43. The van der Waals surface area contributed by atoms with Crippen molar-refractivity contribution in [2.24, 2.45) is 5.73 Å². The predicted octanol–water partition coefficient (Wildman–Crippen LogP) is 3.58. The standard InChI is InChI=1S/C23H25N5O2S/c1-13(2)30-20-9-6-14(10-15(20)11-24)22-27-28-23(31-22)18-5-3-4-17-16(18)7-8-19(17)26-21(29)12-25/h4,6,9-10,13,19H,3,5,7-8,12,25H2,1-2H3,(H,26,29). The van der Waals surface area contributed by atoms with Gasteiger partial charge in [-0.25, -0.2) is 0 Å². The molecule has 0 saturated heterocycles. The summed E-state index contributed by atoms with van der Waals surface area (Å²) in [5.74, 6) is 0.449. The van der Waals surface area contributed by atoms with Gasteiger partial charge >= 0.3 is 0 Å².